The van der Waals surface area contributed by atoms with Crippen LogP contribution in [0.5, 0.6) is 5.75 Å². The molecule has 12 nitrogen and oxygen atoms in total. The Balaban J connectivity index is 1.72. The Bertz CT molecular complexity index is 1140. The van der Waals surface area contributed by atoms with Crippen molar-refractivity contribution in [3.05, 3.63) is 29.3 Å². The van der Waals surface area contributed by atoms with Crippen molar-refractivity contribution in [2.24, 2.45) is 5.73 Å². The Morgan fingerprint density at radius 1 is 1.08 bits per heavy atom. The first kappa shape index (κ1) is 28.6. The van der Waals surface area contributed by atoms with Crippen LogP contribution in [0.2, 0.25) is 0 Å². The van der Waals surface area contributed by atoms with Gasteiger partial charge in [-0.2, -0.15) is 18.2 Å². The first-order valence-corrected chi connectivity index (χ1v) is 11.7. The number of hydroxylamine groups is 2. The number of rotatable bonds is 10. The fourth-order valence-electron chi connectivity index (χ4n) is 3.94. The van der Waals surface area contributed by atoms with Crippen LogP contribution in [0.25, 0.3) is 0 Å². The van der Waals surface area contributed by atoms with E-state index in [4.69, 9.17) is 10.5 Å². The Labute approximate surface area is 214 Å². The van der Waals surface area contributed by atoms with E-state index in [-0.39, 0.29) is 47.7 Å². The molecule has 3 rings (SSSR count). The number of halogens is 3. The highest BCUT2D eigenvalue weighted by Gasteiger charge is 2.46. The molecule has 2 heterocycles. The zero-order valence-electron chi connectivity index (χ0n) is 20.0. The third-order valence-electron chi connectivity index (χ3n) is 5.80. The second-order valence-corrected chi connectivity index (χ2v) is 8.49. The number of carbonyl (C=O) groups is 6. The van der Waals surface area contributed by atoms with Crippen LogP contribution in [-0.4, -0.2) is 77.4 Å². The maximum absolute atomic E-state index is 13.1. The van der Waals surface area contributed by atoms with E-state index in [1.807, 2.05) is 0 Å². The molecule has 206 valence electrons. The number of alkyl halides is 3. The lowest BCUT2D eigenvalue weighted by Gasteiger charge is -2.27. The summed E-state index contributed by atoms with van der Waals surface area (Å²) in [5, 5.41) is 2.30. The van der Waals surface area contributed by atoms with Crippen molar-refractivity contribution in [2.45, 2.75) is 50.7 Å². The zero-order valence-corrected chi connectivity index (χ0v) is 20.0. The molecular formula is C23H25F3N4O8. The summed E-state index contributed by atoms with van der Waals surface area (Å²) in [4.78, 5) is 78.5. The van der Waals surface area contributed by atoms with Crippen molar-refractivity contribution in [2.75, 3.05) is 19.7 Å². The van der Waals surface area contributed by atoms with E-state index in [2.05, 4.69) is 10.2 Å². The van der Waals surface area contributed by atoms with Gasteiger partial charge in [-0.05, 0) is 37.9 Å². The summed E-state index contributed by atoms with van der Waals surface area (Å²) >= 11 is 0. The molecule has 1 saturated heterocycles. The Morgan fingerprint density at radius 2 is 1.79 bits per heavy atom. The number of unbranched alkanes of at least 4 members (excludes halogenated alkanes) is 3. The molecule has 38 heavy (non-hydrogen) atoms. The lowest BCUT2D eigenvalue weighted by molar-refractivity contribution is -0.237. The highest BCUT2D eigenvalue weighted by atomic mass is 19.4. The number of nitrogens with two attached hydrogens (primary N) is 1. The number of imide groups is 2. The highest BCUT2D eigenvalue weighted by Crippen LogP contribution is 2.33. The molecule has 1 aromatic rings. The predicted molar refractivity (Wildman–Crippen MR) is 120 cm³/mol. The molecule has 15 heteroatoms. The second-order valence-electron chi connectivity index (χ2n) is 8.49. The van der Waals surface area contributed by atoms with E-state index in [1.54, 1.807) is 0 Å². The average molecular weight is 542 g/mol. The lowest BCUT2D eigenvalue weighted by atomic mass is 10.0. The van der Waals surface area contributed by atoms with E-state index >= 15 is 0 Å². The molecule has 1 fully saturated rings. The van der Waals surface area contributed by atoms with Crippen LogP contribution in [0.15, 0.2) is 18.2 Å². The van der Waals surface area contributed by atoms with Gasteiger partial charge in [0.2, 0.25) is 11.8 Å². The van der Waals surface area contributed by atoms with Gasteiger partial charge in [0.1, 0.15) is 11.8 Å². The average Bonchev–Trinajstić information content (AvgIpc) is 3.11. The standard InChI is InChI=1S/C23H25F3N4O8/c24-23(25,26)22(36)38-29(11-4-2-1-3-10-27)17(32)12-37-15-7-5-6-13-18(15)21(35)30(20(13)34)14-8-9-16(31)28-19(14)33/h5-7,14H,1-4,8-12,27H2,(H,28,31,33). The van der Waals surface area contributed by atoms with Crippen molar-refractivity contribution in [1.29, 1.82) is 0 Å². The Hall–Kier alpha value is -4.01. The normalized spacial score (nSPS) is 17.3. The number of ether oxygens (including phenoxy) is 1. The molecule has 5 amide bonds. The van der Waals surface area contributed by atoms with Crippen LogP contribution in [0.3, 0.4) is 0 Å². The van der Waals surface area contributed by atoms with Gasteiger partial charge in [-0.15, -0.1) is 0 Å². The molecule has 0 radical (unpaired) electrons. The molecule has 1 aromatic carbocycles. The summed E-state index contributed by atoms with van der Waals surface area (Å²) in [6.45, 7) is -0.852. The summed E-state index contributed by atoms with van der Waals surface area (Å²) in [7, 11) is 0. The smallest absolute Gasteiger partial charge is 0.483 e. The molecule has 0 bridgehead atoms. The monoisotopic (exact) mass is 542 g/mol. The topological polar surface area (TPSA) is 165 Å². The number of amides is 5. The van der Waals surface area contributed by atoms with Gasteiger partial charge in [-0.3, -0.25) is 34.2 Å². The van der Waals surface area contributed by atoms with Crippen molar-refractivity contribution in [3.8, 4) is 5.75 Å². The number of piperidine rings is 1. The van der Waals surface area contributed by atoms with Crippen LogP contribution in [0.1, 0.15) is 59.2 Å². The number of carbonyl (C=O) groups excluding carboxylic acids is 6. The molecule has 1 unspecified atom stereocenters. The zero-order chi connectivity index (χ0) is 28.0. The summed E-state index contributed by atoms with van der Waals surface area (Å²) < 4.78 is 43.5. The minimum absolute atomic E-state index is 0.0738. The van der Waals surface area contributed by atoms with E-state index in [0.29, 0.717) is 30.7 Å². The second kappa shape index (κ2) is 12.0. The first-order chi connectivity index (χ1) is 18.0. The van der Waals surface area contributed by atoms with Gasteiger partial charge in [-0.25, -0.2) is 4.79 Å². The number of hydrogen-bond donors (Lipinski definition) is 2. The van der Waals surface area contributed by atoms with E-state index in [9.17, 15) is 41.9 Å². The Morgan fingerprint density at radius 3 is 2.45 bits per heavy atom. The lowest BCUT2D eigenvalue weighted by Crippen LogP contribution is -2.54. The summed E-state index contributed by atoms with van der Waals surface area (Å²) in [5.41, 5.74) is 5.02. The fourth-order valence-corrected chi connectivity index (χ4v) is 3.94. The molecule has 1 atom stereocenters. The minimum Gasteiger partial charge on any atom is -0.483 e. The SMILES string of the molecule is NCCCCCCN(OC(=O)C(F)(F)F)C(=O)COc1cccc2c1C(=O)N(C1CCC(=O)NC1=O)C2=O. The summed E-state index contributed by atoms with van der Waals surface area (Å²) in [6.07, 6.45) is -3.46. The number of benzene rings is 1. The number of fused-ring (bicyclic) bond motifs is 1. The van der Waals surface area contributed by atoms with Gasteiger partial charge in [0, 0.05) is 6.42 Å². The molecule has 3 N–H and O–H groups in total. The molecule has 0 spiro atoms. The fraction of sp³-hybridized carbons (Fsp3) is 0.478. The largest absolute Gasteiger partial charge is 0.493 e. The third-order valence-corrected chi connectivity index (χ3v) is 5.80. The van der Waals surface area contributed by atoms with Gasteiger partial charge in [0.15, 0.2) is 6.61 Å². The van der Waals surface area contributed by atoms with E-state index in [0.717, 1.165) is 0 Å². The van der Waals surface area contributed by atoms with Crippen molar-refractivity contribution in [3.63, 3.8) is 0 Å². The van der Waals surface area contributed by atoms with Gasteiger partial charge >= 0.3 is 12.1 Å². The quantitative estimate of drug-likeness (QED) is 0.247. The highest BCUT2D eigenvalue weighted by molar-refractivity contribution is 6.24. The molecule has 0 aromatic heterocycles. The summed E-state index contributed by atoms with van der Waals surface area (Å²) in [5.74, 6) is -7.04. The minimum atomic E-state index is -5.34. The van der Waals surface area contributed by atoms with Crippen molar-refractivity contribution >= 4 is 35.5 Å². The van der Waals surface area contributed by atoms with Gasteiger partial charge < -0.3 is 15.3 Å². The molecule has 2 aliphatic heterocycles. The van der Waals surface area contributed by atoms with Crippen LogP contribution in [0.4, 0.5) is 13.2 Å². The summed E-state index contributed by atoms with van der Waals surface area (Å²) in [6, 6.07) is 2.67. The molecular weight excluding hydrogens is 517 g/mol. The van der Waals surface area contributed by atoms with Crippen LogP contribution in [0, 0.1) is 0 Å². The number of nitrogens with one attached hydrogen (secondary N) is 1. The van der Waals surface area contributed by atoms with Crippen molar-refractivity contribution < 1.29 is 51.5 Å². The maximum Gasteiger partial charge on any atom is 0.493 e. The van der Waals surface area contributed by atoms with Crippen molar-refractivity contribution in [1.82, 2.24) is 15.3 Å². The first-order valence-electron chi connectivity index (χ1n) is 11.7. The van der Waals surface area contributed by atoms with E-state index < -0.39 is 54.3 Å². The van der Waals surface area contributed by atoms with Crippen LogP contribution < -0.4 is 15.8 Å². The van der Waals surface area contributed by atoms with E-state index in [1.165, 1.54) is 18.2 Å². The van der Waals surface area contributed by atoms with Gasteiger partial charge in [-0.1, -0.05) is 18.9 Å². The van der Waals surface area contributed by atoms with Gasteiger partial charge in [0.05, 0.1) is 17.7 Å². The Kier molecular flexibility index (Phi) is 9.04. The molecule has 2 aliphatic rings. The van der Waals surface area contributed by atoms with Crippen LogP contribution >= 0.6 is 0 Å². The third kappa shape index (κ3) is 6.45. The number of nitrogens with zero attached hydrogens (tertiary/aromatic N) is 2. The van der Waals surface area contributed by atoms with Gasteiger partial charge in [0.25, 0.3) is 17.7 Å². The number of hydrogen-bond acceptors (Lipinski definition) is 9. The molecule has 0 saturated carbocycles. The van der Waals surface area contributed by atoms with Crippen LogP contribution in [-0.2, 0) is 24.0 Å². The predicted octanol–water partition coefficient (Wildman–Crippen LogP) is 0.835. The maximum atomic E-state index is 13.1. The molecule has 0 aliphatic carbocycles.